The average molecular weight is 1080 g/mol. The van der Waals surface area contributed by atoms with Crippen LogP contribution in [-0.2, 0) is 18.4 Å². The van der Waals surface area contributed by atoms with E-state index in [2.05, 4.69) is 129 Å². The average Bonchev–Trinajstić information content (AvgIpc) is 3.38. The third kappa shape index (κ3) is 58.6. The molecule has 3 atom stereocenters. The molecule has 0 aromatic carbocycles. The van der Waals surface area contributed by atoms with E-state index >= 15 is 0 Å². The van der Waals surface area contributed by atoms with Gasteiger partial charge in [0.05, 0.1) is 39.9 Å². The van der Waals surface area contributed by atoms with E-state index in [1.54, 1.807) is 6.08 Å². The van der Waals surface area contributed by atoms with Crippen LogP contribution in [0.5, 0.6) is 0 Å². The Bertz CT molecular complexity index is 1650. The van der Waals surface area contributed by atoms with Gasteiger partial charge in [-0.25, -0.2) is 0 Å². The van der Waals surface area contributed by atoms with Gasteiger partial charge in [0, 0.05) is 6.42 Å². The molecular formula is C67H117N2O6P. The molecule has 0 fully saturated rings. The lowest BCUT2D eigenvalue weighted by Gasteiger charge is -2.29. The molecule has 0 spiro atoms. The van der Waals surface area contributed by atoms with Crippen molar-refractivity contribution in [3.63, 3.8) is 0 Å². The number of rotatable bonds is 55. The zero-order valence-electron chi connectivity index (χ0n) is 49.7. The van der Waals surface area contributed by atoms with E-state index in [1.807, 2.05) is 27.2 Å². The number of nitrogens with one attached hydrogen (secondary N) is 1. The van der Waals surface area contributed by atoms with Gasteiger partial charge in [-0.1, -0.05) is 257 Å². The molecule has 0 bridgehead atoms. The fourth-order valence-electron chi connectivity index (χ4n) is 8.34. The van der Waals surface area contributed by atoms with Crippen LogP contribution in [0.1, 0.15) is 245 Å². The molecule has 76 heavy (non-hydrogen) atoms. The number of carbonyl (C=O) groups is 1. The summed E-state index contributed by atoms with van der Waals surface area (Å²) in [6, 6.07) is -0.931. The molecular weight excluding hydrogens is 960 g/mol. The second-order valence-corrected chi connectivity index (χ2v) is 23.1. The maximum absolute atomic E-state index is 13.0. The Morgan fingerprint density at radius 1 is 0.474 bits per heavy atom. The van der Waals surface area contributed by atoms with Crippen molar-refractivity contribution in [2.24, 2.45) is 0 Å². The van der Waals surface area contributed by atoms with Gasteiger partial charge in [-0.05, 0) is 103 Å². The zero-order valence-corrected chi connectivity index (χ0v) is 50.6. The van der Waals surface area contributed by atoms with Crippen molar-refractivity contribution < 1.29 is 32.9 Å². The van der Waals surface area contributed by atoms with Crippen LogP contribution in [0.2, 0.25) is 0 Å². The highest BCUT2D eigenvalue weighted by atomic mass is 31.2. The Hall–Kier alpha value is -3.10. The highest BCUT2D eigenvalue weighted by Crippen LogP contribution is 2.38. The monoisotopic (exact) mass is 1080 g/mol. The molecule has 3 unspecified atom stereocenters. The van der Waals surface area contributed by atoms with Crippen LogP contribution < -0.4 is 10.2 Å². The SMILES string of the molecule is CC/C=C\C/C=C\C/C=C\C/C=C\C/C=C\C/C=C\C/C=C\CCCCCCCC(=O)NC(COP(=O)([O-])OCC[N+](C)(C)C)C(O)/C=C/CC/C=C/CC/C=C/CCCCCCCCCCCCCCCCCCC. The lowest BCUT2D eigenvalue weighted by atomic mass is 10.0. The Morgan fingerprint density at radius 2 is 0.816 bits per heavy atom. The Morgan fingerprint density at radius 3 is 1.22 bits per heavy atom. The number of phosphoric acid groups is 1. The predicted molar refractivity (Wildman–Crippen MR) is 329 cm³/mol. The number of aliphatic hydroxyl groups excluding tert-OH is 1. The predicted octanol–water partition coefficient (Wildman–Crippen LogP) is 18.7. The van der Waals surface area contributed by atoms with E-state index in [0.717, 1.165) is 109 Å². The number of hydrogen-bond acceptors (Lipinski definition) is 6. The summed E-state index contributed by atoms with van der Waals surface area (Å²) < 4.78 is 23.3. The molecule has 0 radical (unpaired) electrons. The van der Waals surface area contributed by atoms with Crippen molar-refractivity contribution in [1.29, 1.82) is 0 Å². The number of nitrogens with zero attached hydrogens (tertiary/aromatic N) is 1. The number of carbonyl (C=O) groups excluding carboxylic acids is 1. The second kappa shape index (κ2) is 56.6. The fourth-order valence-corrected chi connectivity index (χ4v) is 9.06. The molecule has 0 aliphatic rings. The first kappa shape index (κ1) is 72.9. The third-order valence-corrected chi connectivity index (χ3v) is 14.1. The number of allylic oxidation sites excluding steroid dienone is 19. The molecule has 2 N–H and O–H groups in total. The highest BCUT2D eigenvalue weighted by Gasteiger charge is 2.23. The molecule has 0 aliphatic heterocycles. The maximum atomic E-state index is 13.0. The normalized spacial score (nSPS) is 14.7. The lowest BCUT2D eigenvalue weighted by Crippen LogP contribution is -2.45. The van der Waals surface area contributed by atoms with E-state index in [0.29, 0.717) is 17.4 Å². The Kier molecular flexibility index (Phi) is 54.3. The van der Waals surface area contributed by atoms with Crippen molar-refractivity contribution >= 4 is 13.7 Å². The lowest BCUT2D eigenvalue weighted by molar-refractivity contribution is -0.870. The van der Waals surface area contributed by atoms with Crippen LogP contribution in [-0.4, -0.2) is 68.5 Å². The van der Waals surface area contributed by atoms with Crippen molar-refractivity contribution in [2.75, 3.05) is 40.9 Å². The van der Waals surface area contributed by atoms with Gasteiger partial charge in [0.1, 0.15) is 13.2 Å². The number of hydrogen-bond donors (Lipinski definition) is 2. The van der Waals surface area contributed by atoms with Crippen LogP contribution in [0.15, 0.2) is 122 Å². The number of amides is 1. The highest BCUT2D eigenvalue weighted by molar-refractivity contribution is 7.45. The molecule has 436 valence electrons. The molecule has 0 aromatic heterocycles. The summed E-state index contributed by atoms with van der Waals surface area (Å²) in [5.41, 5.74) is 0. The number of aliphatic hydroxyl groups is 1. The summed E-state index contributed by atoms with van der Waals surface area (Å²) in [5.74, 6) is -0.234. The first-order valence-electron chi connectivity index (χ1n) is 30.9. The summed E-state index contributed by atoms with van der Waals surface area (Å²) in [4.78, 5) is 25.5. The van der Waals surface area contributed by atoms with Gasteiger partial charge in [-0.3, -0.25) is 9.36 Å². The minimum atomic E-state index is -4.63. The van der Waals surface area contributed by atoms with Gasteiger partial charge in [0.25, 0.3) is 7.82 Å². The van der Waals surface area contributed by atoms with Crippen molar-refractivity contribution in [2.45, 2.75) is 257 Å². The molecule has 0 heterocycles. The standard InChI is InChI=1S/C67H117N2O6P/c1-6-8-10-12-14-16-18-20-22-24-26-28-30-32-34-36-38-40-42-44-46-48-50-52-54-56-58-60-66(70)65(64-75-76(72,73)74-63-62-69(3,4)5)68-67(71)61-59-57-55-53-51-49-47-45-43-41-39-37-35-33-31-29-27-25-23-21-19-17-15-13-11-9-7-2/h9,11,15,17,21,23,27,29,33,35,39,41-42,44-45,47,50,52,58,60,65-66,70H,6-8,10,12-14,16,18-20,22,24-26,28,30-32,34,36-38,40,43,46,48-49,51,53-57,59,61-64H2,1-5H3,(H-,68,71,72,73)/b11-9-,17-15-,23-21-,29-27-,35-33-,41-39-,44-42+,47-45-,52-50+,60-58+. The minimum Gasteiger partial charge on any atom is -0.756 e. The topological polar surface area (TPSA) is 108 Å². The quantitative estimate of drug-likeness (QED) is 0.0272. The van der Waals surface area contributed by atoms with Crippen molar-refractivity contribution in [1.82, 2.24) is 5.32 Å². The third-order valence-electron chi connectivity index (χ3n) is 13.1. The van der Waals surface area contributed by atoms with Gasteiger partial charge in [-0.15, -0.1) is 0 Å². The van der Waals surface area contributed by atoms with E-state index in [4.69, 9.17) is 9.05 Å². The van der Waals surface area contributed by atoms with Crippen molar-refractivity contribution in [3.05, 3.63) is 122 Å². The van der Waals surface area contributed by atoms with Crippen molar-refractivity contribution in [3.8, 4) is 0 Å². The molecule has 0 saturated carbocycles. The van der Waals surface area contributed by atoms with Gasteiger partial charge >= 0.3 is 0 Å². The van der Waals surface area contributed by atoms with Crippen LogP contribution in [0, 0.1) is 0 Å². The zero-order chi connectivity index (χ0) is 55.6. The van der Waals surface area contributed by atoms with Gasteiger partial charge < -0.3 is 28.8 Å². The summed E-state index contributed by atoms with van der Waals surface area (Å²) in [7, 11) is 1.20. The first-order chi connectivity index (χ1) is 37.0. The fraction of sp³-hybridized carbons (Fsp3) is 0.687. The number of likely N-dealkylation sites (N-methyl/N-ethyl adjacent to an activating group) is 1. The number of quaternary nitrogens is 1. The van der Waals surface area contributed by atoms with Gasteiger partial charge in [-0.2, -0.15) is 0 Å². The van der Waals surface area contributed by atoms with Crippen LogP contribution in [0.4, 0.5) is 0 Å². The van der Waals surface area contributed by atoms with Crippen LogP contribution >= 0.6 is 7.82 Å². The molecule has 9 heteroatoms. The van der Waals surface area contributed by atoms with Crippen LogP contribution in [0.25, 0.3) is 0 Å². The summed E-state index contributed by atoms with van der Waals surface area (Å²) >= 11 is 0. The smallest absolute Gasteiger partial charge is 0.268 e. The Labute approximate surface area is 469 Å². The summed E-state index contributed by atoms with van der Waals surface area (Å²) in [5, 5.41) is 13.9. The number of unbranched alkanes of at least 4 members (excludes halogenated alkanes) is 24. The van der Waals surface area contributed by atoms with E-state index in [1.165, 1.54) is 116 Å². The number of phosphoric ester groups is 1. The molecule has 8 nitrogen and oxygen atoms in total. The molecule has 0 aromatic rings. The summed E-state index contributed by atoms with van der Waals surface area (Å²) in [6.45, 7) is 4.49. The largest absolute Gasteiger partial charge is 0.756 e. The molecule has 0 saturated heterocycles. The maximum Gasteiger partial charge on any atom is 0.268 e. The van der Waals surface area contributed by atoms with Crippen LogP contribution in [0.3, 0.4) is 0 Å². The van der Waals surface area contributed by atoms with E-state index in [-0.39, 0.29) is 12.5 Å². The van der Waals surface area contributed by atoms with E-state index in [9.17, 15) is 19.4 Å². The first-order valence-corrected chi connectivity index (χ1v) is 32.4. The van der Waals surface area contributed by atoms with Gasteiger partial charge in [0.2, 0.25) is 5.91 Å². The van der Waals surface area contributed by atoms with E-state index < -0.39 is 26.6 Å². The Balaban J connectivity index is 4.33. The molecule has 0 aliphatic carbocycles. The minimum absolute atomic E-state index is 0.0201. The second-order valence-electron chi connectivity index (χ2n) is 21.7. The molecule has 1 amide bonds. The molecule has 0 rings (SSSR count). The summed E-state index contributed by atoms with van der Waals surface area (Å²) in [6.07, 6.45) is 84.3. The van der Waals surface area contributed by atoms with Gasteiger partial charge in [0.15, 0.2) is 0 Å².